The van der Waals surface area contributed by atoms with Crippen molar-refractivity contribution in [3.63, 3.8) is 0 Å². The van der Waals surface area contributed by atoms with Crippen molar-refractivity contribution in [3.8, 4) is 0 Å². The van der Waals surface area contributed by atoms with Gasteiger partial charge in [-0.1, -0.05) is 20.8 Å². The second-order valence-electron chi connectivity index (χ2n) is 6.54. The third-order valence-corrected chi connectivity index (χ3v) is 4.39. The van der Waals surface area contributed by atoms with Crippen LogP contribution in [0.25, 0.3) is 0 Å². The summed E-state index contributed by atoms with van der Waals surface area (Å²) in [6.45, 7) is 13.8. The quantitative estimate of drug-likeness (QED) is 0.751. The molecule has 0 aromatic rings. The molecule has 0 saturated carbocycles. The summed E-state index contributed by atoms with van der Waals surface area (Å²) in [6, 6.07) is 0.842. The van der Waals surface area contributed by atoms with Crippen LogP contribution in [0, 0.1) is 5.92 Å². The highest BCUT2D eigenvalue weighted by Gasteiger charge is 2.26. The van der Waals surface area contributed by atoms with Crippen molar-refractivity contribution in [1.29, 1.82) is 0 Å². The van der Waals surface area contributed by atoms with Gasteiger partial charge in [-0.05, 0) is 58.7 Å². The predicted molar refractivity (Wildman–Crippen MR) is 84.8 cm³/mol. The number of nitrogens with zero attached hydrogens (tertiary/aromatic N) is 1. The lowest BCUT2D eigenvalue weighted by molar-refractivity contribution is -0.127. The molecule has 1 fully saturated rings. The predicted octanol–water partition coefficient (Wildman–Crippen LogP) is 2.00. The number of likely N-dealkylation sites (tertiary alicyclic amines) is 1. The highest BCUT2D eigenvalue weighted by molar-refractivity contribution is 5.81. The van der Waals surface area contributed by atoms with Crippen molar-refractivity contribution in [2.24, 2.45) is 5.92 Å². The molecule has 1 aliphatic heterocycles. The normalized spacial score (nSPS) is 20.9. The standard InChI is InChI=1S/C16H33N3O/c1-6-13(4)18-16(20)14(5)19-9-7-15(8-10-19)11-17-12(2)3/h12-15,17H,6-11H2,1-5H3,(H,18,20). The number of nitrogens with one attached hydrogen (secondary N) is 2. The lowest BCUT2D eigenvalue weighted by Gasteiger charge is -2.36. The van der Waals surface area contributed by atoms with Gasteiger partial charge in [0.05, 0.1) is 6.04 Å². The highest BCUT2D eigenvalue weighted by Crippen LogP contribution is 2.18. The van der Waals surface area contributed by atoms with Crippen LogP contribution in [0.2, 0.25) is 0 Å². The summed E-state index contributed by atoms with van der Waals surface area (Å²) in [5.74, 6) is 0.941. The summed E-state index contributed by atoms with van der Waals surface area (Å²) in [4.78, 5) is 14.5. The molecule has 0 aliphatic carbocycles. The van der Waals surface area contributed by atoms with E-state index >= 15 is 0 Å². The Labute approximate surface area is 124 Å². The first-order chi connectivity index (χ1) is 9.43. The molecule has 0 radical (unpaired) electrons. The molecule has 4 nitrogen and oxygen atoms in total. The third-order valence-electron chi connectivity index (χ3n) is 4.39. The van der Waals surface area contributed by atoms with E-state index in [1.165, 1.54) is 12.8 Å². The van der Waals surface area contributed by atoms with Crippen LogP contribution >= 0.6 is 0 Å². The van der Waals surface area contributed by atoms with Gasteiger partial charge in [0.2, 0.25) is 5.91 Å². The smallest absolute Gasteiger partial charge is 0.237 e. The molecule has 0 spiro atoms. The van der Waals surface area contributed by atoms with Gasteiger partial charge in [-0.2, -0.15) is 0 Å². The van der Waals surface area contributed by atoms with Crippen molar-refractivity contribution in [2.75, 3.05) is 19.6 Å². The molecule has 0 aromatic carbocycles. The molecule has 2 atom stereocenters. The number of piperidine rings is 1. The zero-order chi connectivity index (χ0) is 15.1. The van der Waals surface area contributed by atoms with E-state index in [0.717, 1.165) is 32.0 Å². The van der Waals surface area contributed by atoms with E-state index in [-0.39, 0.29) is 18.0 Å². The van der Waals surface area contributed by atoms with E-state index < -0.39 is 0 Å². The fourth-order valence-electron chi connectivity index (χ4n) is 2.58. The summed E-state index contributed by atoms with van der Waals surface area (Å²) < 4.78 is 0. The zero-order valence-corrected chi connectivity index (χ0v) is 13.9. The van der Waals surface area contributed by atoms with Crippen LogP contribution in [-0.4, -0.2) is 48.6 Å². The molecule has 4 heteroatoms. The van der Waals surface area contributed by atoms with Gasteiger partial charge in [0, 0.05) is 12.1 Å². The molecule has 2 N–H and O–H groups in total. The van der Waals surface area contributed by atoms with Crippen LogP contribution < -0.4 is 10.6 Å². The molecule has 0 aromatic heterocycles. The number of amides is 1. The van der Waals surface area contributed by atoms with Gasteiger partial charge >= 0.3 is 0 Å². The summed E-state index contributed by atoms with van der Waals surface area (Å²) in [5.41, 5.74) is 0. The zero-order valence-electron chi connectivity index (χ0n) is 13.9. The van der Waals surface area contributed by atoms with Gasteiger partial charge in [-0.25, -0.2) is 0 Å². The molecule has 1 rings (SSSR count). The minimum atomic E-state index is 0.00279. The van der Waals surface area contributed by atoms with Crippen molar-refractivity contribution in [1.82, 2.24) is 15.5 Å². The molecular formula is C16H33N3O. The second kappa shape index (κ2) is 8.63. The average Bonchev–Trinajstić information content (AvgIpc) is 2.44. The van der Waals surface area contributed by atoms with Crippen molar-refractivity contribution in [2.45, 2.75) is 72.0 Å². The maximum absolute atomic E-state index is 12.1. The molecule has 1 heterocycles. The summed E-state index contributed by atoms with van der Waals surface area (Å²) in [5, 5.41) is 6.60. The largest absolute Gasteiger partial charge is 0.352 e. The van der Waals surface area contributed by atoms with Crippen LogP contribution in [0.1, 0.15) is 53.9 Å². The monoisotopic (exact) mass is 283 g/mol. The van der Waals surface area contributed by atoms with Gasteiger partial charge in [-0.3, -0.25) is 9.69 Å². The number of hydrogen-bond acceptors (Lipinski definition) is 3. The summed E-state index contributed by atoms with van der Waals surface area (Å²) in [6.07, 6.45) is 3.38. The van der Waals surface area contributed by atoms with E-state index in [0.29, 0.717) is 6.04 Å². The lowest BCUT2D eigenvalue weighted by atomic mass is 9.95. The van der Waals surface area contributed by atoms with Crippen molar-refractivity contribution in [3.05, 3.63) is 0 Å². The first kappa shape index (κ1) is 17.4. The maximum atomic E-state index is 12.1. The Kier molecular flexibility index (Phi) is 7.52. The second-order valence-corrected chi connectivity index (χ2v) is 6.54. The molecule has 1 saturated heterocycles. The highest BCUT2D eigenvalue weighted by atomic mass is 16.2. The van der Waals surface area contributed by atoms with E-state index in [9.17, 15) is 4.79 Å². The molecule has 2 unspecified atom stereocenters. The molecule has 0 bridgehead atoms. The number of hydrogen-bond donors (Lipinski definition) is 2. The van der Waals surface area contributed by atoms with Gasteiger partial charge in [0.1, 0.15) is 0 Å². The van der Waals surface area contributed by atoms with E-state index in [4.69, 9.17) is 0 Å². The fraction of sp³-hybridized carbons (Fsp3) is 0.938. The molecule has 20 heavy (non-hydrogen) atoms. The van der Waals surface area contributed by atoms with Crippen molar-refractivity contribution >= 4 is 5.91 Å². The summed E-state index contributed by atoms with van der Waals surface area (Å²) >= 11 is 0. The van der Waals surface area contributed by atoms with Gasteiger partial charge < -0.3 is 10.6 Å². The first-order valence-corrected chi connectivity index (χ1v) is 8.21. The Hall–Kier alpha value is -0.610. The minimum Gasteiger partial charge on any atom is -0.352 e. The molecule has 1 aliphatic rings. The molecule has 118 valence electrons. The molecule has 1 amide bonds. The number of rotatable bonds is 7. The first-order valence-electron chi connectivity index (χ1n) is 8.21. The van der Waals surface area contributed by atoms with Crippen LogP contribution in [0.4, 0.5) is 0 Å². The molecular weight excluding hydrogens is 250 g/mol. The third kappa shape index (κ3) is 5.80. The van der Waals surface area contributed by atoms with E-state index in [1.54, 1.807) is 0 Å². The maximum Gasteiger partial charge on any atom is 0.237 e. The van der Waals surface area contributed by atoms with Gasteiger partial charge in [0.15, 0.2) is 0 Å². The Morgan fingerprint density at radius 2 is 1.80 bits per heavy atom. The Bertz CT molecular complexity index is 285. The lowest BCUT2D eigenvalue weighted by Crippen LogP contribution is -2.50. The summed E-state index contributed by atoms with van der Waals surface area (Å²) in [7, 11) is 0. The van der Waals surface area contributed by atoms with E-state index in [1.807, 2.05) is 6.92 Å². The van der Waals surface area contributed by atoms with Gasteiger partial charge in [-0.15, -0.1) is 0 Å². The van der Waals surface area contributed by atoms with E-state index in [2.05, 4.69) is 43.2 Å². The Balaban J connectivity index is 2.31. The van der Waals surface area contributed by atoms with Crippen LogP contribution in [0.5, 0.6) is 0 Å². The number of carbonyl (C=O) groups excluding carboxylic acids is 1. The van der Waals surface area contributed by atoms with Crippen LogP contribution in [0.3, 0.4) is 0 Å². The van der Waals surface area contributed by atoms with Crippen LogP contribution in [-0.2, 0) is 4.79 Å². The minimum absolute atomic E-state index is 0.00279. The van der Waals surface area contributed by atoms with Gasteiger partial charge in [0.25, 0.3) is 0 Å². The number of carbonyl (C=O) groups is 1. The Morgan fingerprint density at radius 1 is 1.20 bits per heavy atom. The average molecular weight is 283 g/mol. The van der Waals surface area contributed by atoms with Crippen molar-refractivity contribution < 1.29 is 4.79 Å². The topological polar surface area (TPSA) is 44.4 Å². The Morgan fingerprint density at radius 3 is 2.30 bits per heavy atom. The van der Waals surface area contributed by atoms with Crippen LogP contribution in [0.15, 0.2) is 0 Å². The SMILES string of the molecule is CCC(C)NC(=O)C(C)N1CCC(CNC(C)C)CC1. The fourth-order valence-corrected chi connectivity index (χ4v) is 2.58.